The van der Waals surface area contributed by atoms with Gasteiger partial charge in [-0.15, -0.1) is 0 Å². The second-order valence-electron chi connectivity index (χ2n) is 4.36. The highest BCUT2D eigenvalue weighted by Gasteiger charge is 2.19. The standard InChI is InChI=1S/C16H15NO/c1-3-7-13(8-4-1)15-11-12-17-16(18-15)14-9-5-2-6-10-14/h1-10,15H,11-12H2. The maximum Gasteiger partial charge on any atom is 0.216 e. The molecule has 3 rings (SSSR count). The molecule has 0 saturated heterocycles. The summed E-state index contributed by atoms with van der Waals surface area (Å²) in [5.41, 5.74) is 2.28. The van der Waals surface area contributed by atoms with Gasteiger partial charge >= 0.3 is 0 Å². The third-order valence-corrected chi connectivity index (χ3v) is 3.09. The molecule has 1 atom stereocenters. The van der Waals surface area contributed by atoms with Crippen LogP contribution in [0.5, 0.6) is 0 Å². The van der Waals surface area contributed by atoms with Crippen LogP contribution in [-0.4, -0.2) is 12.4 Å². The van der Waals surface area contributed by atoms with Gasteiger partial charge < -0.3 is 4.74 Å². The minimum atomic E-state index is 0.124. The van der Waals surface area contributed by atoms with Crippen LogP contribution in [0.1, 0.15) is 23.7 Å². The molecule has 0 spiro atoms. The third kappa shape index (κ3) is 2.28. The van der Waals surface area contributed by atoms with E-state index in [9.17, 15) is 0 Å². The van der Waals surface area contributed by atoms with Crippen LogP contribution in [-0.2, 0) is 4.74 Å². The maximum absolute atomic E-state index is 6.01. The fourth-order valence-corrected chi connectivity index (χ4v) is 2.16. The summed E-state index contributed by atoms with van der Waals surface area (Å²) >= 11 is 0. The zero-order chi connectivity index (χ0) is 12.2. The van der Waals surface area contributed by atoms with Crippen molar-refractivity contribution in [2.24, 2.45) is 4.99 Å². The Morgan fingerprint density at radius 2 is 1.56 bits per heavy atom. The van der Waals surface area contributed by atoms with Crippen LogP contribution in [0.2, 0.25) is 0 Å². The third-order valence-electron chi connectivity index (χ3n) is 3.09. The Bertz CT molecular complexity index is 534. The van der Waals surface area contributed by atoms with Crippen molar-refractivity contribution in [3.8, 4) is 0 Å². The number of benzene rings is 2. The summed E-state index contributed by atoms with van der Waals surface area (Å²) in [6.45, 7) is 0.823. The van der Waals surface area contributed by atoms with E-state index in [4.69, 9.17) is 4.74 Å². The highest BCUT2D eigenvalue weighted by atomic mass is 16.5. The molecule has 1 heterocycles. The van der Waals surface area contributed by atoms with Gasteiger partial charge in [0.15, 0.2) is 0 Å². The fraction of sp³-hybridized carbons (Fsp3) is 0.188. The second kappa shape index (κ2) is 5.05. The van der Waals surface area contributed by atoms with E-state index in [-0.39, 0.29) is 6.10 Å². The van der Waals surface area contributed by atoms with Crippen molar-refractivity contribution in [3.63, 3.8) is 0 Å². The van der Waals surface area contributed by atoms with E-state index in [1.165, 1.54) is 5.56 Å². The molecule has 1 aliphatic rings. The van der Waals surface area contributed by atoms with Crippen LogP contribution in [0, 0.1) is 0 Å². The van der Waals surface area contributed by atoms with Gasteiger partial charge in [0.25, 0.3) is 0 Å². The lowest BCUT2D eigenvalue weighted by Gasteiger charge is -2.24. The van der Waals surface area contributed by atoms with Crippen LogP contribution in [0.25, 0.3) is 0 Å². The van der Waals surface area contributed by atoms with Crippen LogP contribution in [0.4, 0.5) is 0 Å². The first-order valence-electron chi connectivity index (χ1n) is 6.25. The summed E-state index contributed by atoms with van der Waals surface area (Å²) < 4.78 is 6.01. The number of aliphatic imine (C=N–C) groups is 1. The van der Waals surface area contributed by atoms with Crippen LogP contribution in [0.3, 0.4) is 0 Å². The van der Waals surface area contributed by atoms with Gasteiger partial charge in [-0.2, -0.15) is 0 Å². The Morgan fingerprint density at radius 3 is 2.28 bits per heavy atom. The maximum atomic E-state index is 6.01. The van der Waals surface area contributed by atoms with Crippen molar-refractivity contribution in [1.29, 1.82) is 0 Å². The predicted molar refractivity (Wildman–Crippen MR) is 72.7 cm³/mol. The summed E-state index contributed by atoms with van der Waals surface area (Å²) in [4.78, 5) is 4.47. The quantitative estimate of drug-likeness (QED) is 0.782. The highest BCUT2D eigenvalue weighted by molar-refractivity contribution is 5.94. The fourth-order valence-electron chi connectivity index (χ4n) is 2.16. The van der Waals surface area contributed by atoms with Crippen molar-refractivity contribution in [3.05, 3.63) is 71.8 Å². The normalized spacial score (nSPS) is 18.9. The average Bonchev–Trinajstić information content (AvgIpc) is 2.49. The molecule has 0 saturated carbocycles. The molecule has 2 heteroatoms. The summed E-state index contributed by atoms with van der Waals surface area (Å²) in [5.74, 6) is 0.760. The highest BCUT2D eigenvalue weighted by Crippen LogP contribution is 2.26. The van der Waals surface area contributed by atoms with Gasteiger partial charge in [0, 0.05) is 18.5 Å². The van der Waals surface area contributed by atoms with E-state index in [2.05, 4.69) is 17.1 Å². The van der Waals surface area contributed by atoms with Gasteiger partial charge in [0.1, 0.15) is 6.10 Å². The lowest BCUT2D eigenvalue weighted by atomic mass is 10.1. The molecule has 2 aromatic rings. The molecule has 90 valence electrons. The van der Waals surface area contributed by atoms with E-state index in [0.29, 0.717) is 0 Å². The van der Waals surface area contributed by atoms with Crippen molar-refractivity contribution in [2.75, 3.05) is 6.54 Å². The van der Waals surface area contributed by atoms with Crippen molar-refractivity contribution >= 4 is 5.90 Å². The van der Waals surface area contributed by atoms with E-state index in [1.807, 2.05) is 48.5 Å². The molecule has 2 nitrogen and oxygen atoms in total. The molecule has 0 N–H and O–H groups in total. The first-order valence-corrected chi connectivity index (χ1v) is 6.25. The lowest BCUT2D eigenvalue weighted by Crippen LogP contribution is -2.19. The number of nitrogens with zero attached hydrogens (tertiary/aromatic N) is 1. The SMILES string of the molecule is c1ccc(C2=NCCC(c3ccccc3)O2)cc1. The monoisotopic (exact) mass is 237 g/mol. The molecule has 1 aliphatic heterocycles. The molecular formula is C16H15NO. The van der Waals surface area contributed by atoms with Gasteiger partial charge in [-0.05, 0) is 17.7 Å². The minimum Gasteiger partial charge on any atom is -0.469 e. The number of rotatable bonds is 2. The van der Waals surface area contributed by atoms with Crippen molar-refractivity contribution in [1.82, 2.24) is 0 Å². The molecule has 0 radical (unpaired) electrons. The van der Waals surface area contributed by atoms with Crippen LogP contribution >= 0.6 is 0 Å². The van der Waals surface area contributed by atoms with Crippen LogP contribution < -0.4 is 0 Å². The van der Waals surface area contributed by atoms with Crippen molar-refractivity contribution in [2.45, 2.75) is 12.5 Å². The summed E-state index contributed by atoms with van der Waals surface area (Å²) in [7, 11) is 0. The smallest absolute Gasteiger partial charge is 0.216 e. The molecule has 2 aromatic carbocycles. The van der Waals surface area contributed by atoms with E-state index in [1.54, 1.807) is 0 Å². The molecular weight excluding hydrogens is 222 g/mol. The van der Waals surface area contributed by atoms with Gasteiger partial charge in [-0.1, -0.05) is 48.5 Å². The minimum absolute atomic E-state index is 0.124. The Kier molecular flexibility index (Phi) is 3.09. The molecule has 0 amide bonds. The molecule has 0 fully saturated rings. The molecule has 0 bridgehead atoms. The summed E-state index contributed by atoms with van der Waals surface area (Å²) in [6, 6.07) is 20.4. The Labute approximate surface area is 107 Å². The molecule has 0 aliphatic carbocycles. The lowest BCUT2D eigenvalue weighted by molar-refractivity contribution is 0.170. The van der Waals surface area contributed by atoms with Gasteiger partial charge in [-0.25, -0.2) is 0 Å². The second-order valence-corrected chi connectivity index (χ2v) is 4.36. The van der Waals surface area contributed by atoms with Gasteiger partial charge in [0.2, 0.25) is 5.90 Å². The first kappa shape index (κ1) is 11.0. The van der Waals surface area contributed by atoms with E-state index >= 15 is 0 Å². The average molecular weight is 237 g/mol. The molecule has 18 heavy (non-hydrogen) atoms. The number of hydrogen-bond acceptors (Lipinski definition) is 2. The van der Waals surface area contributed by atoms with Crippen molar-refractivity contribution < 1.29 is 4.74 Å². The first-order chi connectivity index (χ1) is 8.93. The van der Waals surface area contributed by atoms with Gasteiger partial charge in [-0.3, -0.25) is 4.99 Å². The summed E-state index contributed by atoms with van der Waals surface area (Å²) in [5, 5.41) is 0. The topological polar surface area (TPSA) is 21.6 Å². The van der Waals surface area contributed by atoms with Crippen LogP contribution in [0.15, 0.2) is 65.7 Å². The Balaban J connectivity index is 1.82. The molecule has 0 aromatic heterocycles. The zero-order valence-corrected chi connectivity index (χ0v) is 10.1. The number of hydrogen-bond donors (Lipinski definition) is 0. The number of ether oxygens (including phenoxy) is 1. The Hall–Kier alpha value is -2.09. The predicted octanol–water partition coefficient (Wildman–Crippen LogP) is 3.59. The largest absolute Gasteiger partial charge is 0.469 e. The molecule has 1 unspecified atom stereocenters. The zero-order valence-electron chi connectivity index (χ0n) is 10.1. The summed E-state index contributed by atoms with van der Waals surface area (Å²) in [6.07, 6.45) is 1.07. The van der Waals surface area contributed by atoms with E-state index in [0.717, 1.165) is 24.4 Å². The van der Waals surface area contributed by atoms with Gasteiger partial charge in [0.05, 0.1) is 0 Å². The van der Waals surface area contributed by atoms with E-state index < -0.39 is 0 Å². The Morgan fingerprint density at radius 1 is 0.889 bits per heavy atom.